The lowest BCUT2D eigenvalue weighted by Crippen LogP contribution is -2.37. The highest BCUT2D eigenvalue weighted by atomic mass is 32.2. The second kappa shape index (κ2) is 11.9. The van der Waals surface area contributed by atoms with Gasteiger partial charge in [0.25, 0.3) is 5.91 Å². The summed E-state index contributed by atoms with van der Waals surface area (Å²) in [4.78, 5) is 23.6. The Morgan fingerprint density at radius 1 is 1.19 bits per heavy atom. The quantitative estimate of drug-likeness (QED) is 0.214. The number of carboxylic acid groups (broad SMARTS) is 1. The van der Waals surface area contributed by atoms with E-state index in [2.05, 4.69) is 5.32 Å². The van der Waals surface area contributed by atoms with Gasteiger partial charge in [-0.1, -0.05) is 29.8 Å². The summed E-state index contributed by atoms with van der Waals surface area (Å²) in [5.74, 6) is -3.31. The van der Waals surface area contributed by atoms with Gasteiger partial charge in [0.2, 0.25) is 10.0 Å². The fraction of sp³-hybridized carbons (Fsp3) is 0.320. The first kappa shape index (κ1) is 27.7. The molecule has 1 amide bonds. The van der Waals surface area contributed by atoms with Crippen LogP contribution in [0.2, 0.25) is 0 Å². The molecule has 1 heterocycles. The summed E-state index contributed by atoms with van der Waals surface area (Å²) in [6, 6.07) is 11.1. The summed E-state index contributed by atoms with van der Waals surface area (Å²) in [5, 5.41) is 20.0. The molecular weight excluding hydrogens is 498 g/mol. The number of nitrogen functional groups attached to an aromatic ring is 1. The van der Waals surface area contributed by atoms with Crippen LogP contribution in [0, 0.1) is 5.41 Å². The van der Waals surface area contributed by atoms with E-state index in [-0.39, 0.29) is 35.5 Å². The Bertz CT molecular complexity index is 1320. The number of hydrogen-bond donors (Lipinski definition) is 5. The van der Waals surface area contributed by atoms with Crippen LogP contribution in [0.25, 0.3) is 6.08 Å². The topological polar surface area (TPSA) is 189 Å². The lowest BCUT2D eigenvalue weighted by molar-refractivity contribution is -0.134. The third-order valence-corrected chi connectivity index (χ3v) is 7.36. The number of carbonyl (C=O) groups is 2. The molecule has 1 aliphatic rings. The van der Waals surface area contributed by atoms with Crippen LogP contribution in [-0.4, -0.2) is 62.7 Å². The van der Waals surface area contributed by atoms with E-state index in [1.54, 1.807) is 37.3 Å². The van der Waals surface area contributed by atoms with Crippen LogP contribution in [-0.2, 0) is 14.8 Å². The number of carboxylic acids is 1. The maximum absolute atomic E-state index is 13.1. The number of hydrogen-bond acceptors (Lipinski definition) is 7. The van der Waals surface area contributed by atoms with E-state index < -0.39 is 27.7 Å². The van der Waals surface area contributed by atoms with Crippen molar-refractivity contribution in [2.45, 2.75) is 25.9 Å². The summed E-state index contributed by atoms with van der Waals surface area (Å²) in [5.41, 5.74) is 13.0. The molecule has 0 aliphatic carbocycles. The third-order valence-electron chi connectivity index (χ3n) is 5.74. The van der Waals surface area contributed by atoms with Crippen molar-refractivity contribution in [2.24, 2.45) is 11.5 Å². The molecule has 0 atom stereocenters. The number of anilines is 1. The molecule has 1 saturated heterocycles. The number of nitrogens with two attached hydrogens (primary N) is 2. The minimum Gasteiger partial charge on any atom is -0.489 e. The van der Waals surface area contributed by atoms with Gasteiger partial charge in [-0.15, -0.1) is 0 Å². The Balaban J connectivity index is 1.98. The second-order valence-electron chi connectivity index (χ2n) is 8.80. The smallest absolute Gasteiger partial charge is 0.320 e. The highest BCUT2D eigenvalue weighted by Crippen LogP contribution is 2.29. The molecule has 0 unspecified atom stereocenters. The van der Waals surface area contributed by atoms with Crippen LogP contribution in [0.1, 0.15) is 41.3 Å². The highest BCUT2D eigenvalue weighted by molar-refractivity contribution is 7.93. The maximum atomic E-state index is 13.1. The molecule has 0 saturated carbocycles. The van der Waals surface area contributed by atoms with Crippen LogP contribution in [0.3, 0.4) is 0 Å². The van der Waals surface area contributed by atoms with Gasteiger partial charge in [0.05, 0.1) is 17.8 Å². The maximum Gasteiger partial charge on any atom is 0.320 e. The van der Waals surface area contributed by atoms with E-state index in [0.29, 0.717) is 16.7 Å². The largest absolute Gasteiger partial charge is 0.489 e. The van der Waals surface area contributed by atoms with Gasteiger partial charge in [-0.25, -0.2) is 8.42 Å². The molecule has 0 radical (unpaired) electrons. The van der Waals surface area contributed by atoms with Gasteiger partial charge in [0, 0.05) is 5.56 Å². The number of nitrogens with zero attached hydrogens (tertiary/aromatic N) is 1. The van der Waals surface area contributed by atoms with Crippen molar-refractivity contribution in [2.75, 3.05) is 29.7 Å². The second-order valence-corrected chi connectivity index (χ2v) is 10.7. The molecule has 198 valence electrons. The van der Waals surface area contributed by atoms with Crippen LogP contribution < -0.4 is 25.8 Å². The highest BCUT2D eigenvalue weighted by Gasteiger charge is 2.28. The average Bonchev–Trinajstić information content (AvgIpc) is 2.82. The number of aliphatic carboxylic acids is 1. The van der Waals surface area contributed by atoms with E-state index >= 15 is 0 Å². The zero-order valence-electron chi connectivity index (χ0n) is 20.4. The molecule has 2 aromatic carbocycles. The summed E-state index contributed by atoms with van der Waals surface area (Å²) in [6.07, 6.45) is 3.08. The molecule has 0 bridgehead atoms. The average molecular weight is 530 g/mol. The minimum absolute atomic E-state index is 0.00218. The molecule has 12 heteroatoms. The van der Waals surface area contributed by atoms with Gasteiger partial charge in [-0.05, 0) is 62.7 Å². The number of ether oxygens (including phenoxy) is 1. The molecule has 0 spiro atoms. The normalized spacial score (nSPS) is 14.7. The number of amidine groups is 1. The number of amides is 1. The molecule has 1 aliphatic heterocycles. The summed E-state index contributed by atoms with van der Waals surface area (Å²) >= 11 is 0. The van der Waals surface area contributed by atoms with Crippen molar-refractivity contribution in [3.63, 3.8) is 0 Å². The van der Waals surface area contributed by atoms with Gasteiger partial charge < -0.3 is 26.6 Å². The fourth-order valence-corrected chi connectivity index (χ4v) is 5.30. The summed E-state index contributed by atoms with van der Waals surface area (Å²) in [6.45, 7) is 3.05. The Morgan fingerprint density at radius 2 is 1.89 bits per heavy atom. The van der Waals surface area contributed by atoms with Crippen LogP contribution in [0.5, 0.6) is 5.75 Å². The minimum atomic E-state index is -4.33. The van der Waals surface area contributed by atoms with Crippen LogP contribution in [0.4, 0.5) is 5.69 Å². The van der Waals surface area contributed by atoms with E-state index in [9.17, 15) is 23.1 Å². The van der Waals surface area contributed by atoms with Crippen molar-refractivity contribution >= 4 is 39.5 Å². The van der Waals surface area contributed by atoms with E-state index in [0.717, 1.165) is 30.2 Å². The zero-order valence-corrected chi connectivity index (χ0v) is 21.3. The van der Waals surface area contributed by atoms with E-state index in [1.807, 2.05) is 0 Å². The first-order valence-electron chi connectivity index (χ1n) is 11.6. The molecular formula is C25H31N5O6S. The Hall–Kier alpha value is -3.90. The zero-order chi connectivity index (χ0) is 27.2. The lowest BCUT2D eigenvalue weighted by atomic mass is 10.1. The Kier molecular flexibility index (Phi) is 8.90. The molecule has 7 N–H and O–H groups in total. The van der Waals surface area contributed by atoms with Crippen molar-refractivity contribution in [1.29, 1.82) is 5.41 Å². The molecule has 11 nitrogen and oxygen atoms in total. The van der Waals surface area contributed by atoms with Gasteiger partial charge in [0.15, 0.2) is 5.75 Å². The van der Waals surface area contributed by atoms with Crippen molar-refractivity contribution in [3.8, 4) is 5.75 Å². The molecule has 0 aromatic heterocycles. The number of carbonyl (C=O) groups excluding carboxylic acids is 1. The SMILES string of the molecule is C/C(=C\c1cccc(C(=N)N)c1)CN(c1ccc(OC2CCNCC2)c(C(N)=O)c1)S(=O)(=O)CC(=O)O. The predicted molar refractivity (Wildman–Crippen MR) is 141 cm³/mol. The predicted octanol–water partition coefficient (Wildman–Crippen LogP) is 1.52. The number of nitrogens with one attached hydrogen (secondary N) is 2. The number of rotatable bonds is 11. The number of piperidine rings is 1. The molecule has 2 aromatic rings. The van der Waals surface area contributed by atoms with Gasteiger partial charge in [-0.2, -0.15) is 0 Å². The lowest BCUT2D eigenvalue weighted by Gasteiger charge is -2.27. The molecule has 3 rings (SSSR count). The first-order chi connectivity index (χ1) is 17.5. The van der Waals surface area contributed by atoms with Gasteiger partial charge in [0.1, 0.15) is 17.7 Å². The van der Waals surface area contributed by atoms with Crippen molar-refractivity contribution in [1.82, 2.24) is 5.32 Å². The number of sulfonamides is 1. The van der Waals surface area contributed by atoms with Gasteiger partial charge >= 0.3 is 5.97 Å². The number of benzene rings is 2. The summed E-state index contributed by atoms with van der Waals surface area (Å²) in [7, 11) is -4.33. The van der Waals surface area contributed by atoms with Crippen molar-refractivity contribution in [3.05, 3.63) is 64.7 Å². The fourth-order valence-electron chi connectivity index (χ4n) is 4.00. The van der Waals surface area contributed by atoms with Gasteiger partial charge in [-0.3, -0.25) is 19.3 Å². The third kappa shape index (κ3) is 7.54. The van der Waals surface area contributed by atoms with Crippen LogP contribution >= 0.6 is 0 Å². The monoisotopic (exact) mass is 529 g/mol. The van der Waals surface area contributed by atoms with Crippen molar-refractivity contribution < 1.29 is 27.9 Å². The van der Waals surface area contributed by atoms with E-state index in [4.69, 9.17) is 21.6 Å². The number of primary amides is 1. The Morgan fingerprint density at radius 3 is 2.51 bits per heavy atom. The first-order valence-corrected chi connectivity index (χ1v) is 13.2. The van der Waals surface area contributed by atoms with Crippen LogP contribution in [0.15, 0.2) is 48.0 Å². The molecule has 1 fully saturated rings. The summed E-state index contributed by atoms with van der Waals surface area (Å²) < 4.78 is 33.1. The standard InChI is InChI=1S/C25H31N5O6S/c1-16(11-17-3-2-4-18(12-17)24(26)27)14-30(37(34,35)15-23(31)32)19-5-6-22(21(13-19)25(28)33)36-20-7-9-29-10-8-20/h2-6,11-13,20,29H,7-10,14-15H2,1H3,(H3,26,27)(H2,28,33)(H,31,32)/b16-11+. The van der Waals surface area contributed by atoms with E-state index in [1.165, 1.54) is 18.2 Å². The molecule has 37 heavy (non-hydrogen) atoms. The Labute approximate surface area is 215 Å².